The monoisotopic (exact) mass is 380 g/mol. The van der Waals surface area contributed by atoms with Gasteiger partial charge in [-0.15, -0.1) is 0 Å². The maximum Gasteiger partial charge on any atom is 0.270 e. The van der Waals surface area contributed by atoms with E-state index in [-0.39, 0.29) is 24.4 Å². The van der Waals surface area contributed by atoms with E-state index in [9.17, 15) is 20.0 Å². The zero-order chi connectivity index (χ0) is 14.4. The summed E-state index contributed by atoms with van der Waals surface area (Å²) in [6, 6.07) is 4.04. The van der Waals surface area contributed by atoms with Crippen LogP contribution in [0.4, 0.5) is 5.69 Å². The third-order valence-corrected chi connectivity index (χ3v) is 3.20. The van der Waals surface area contributed by atoms with Crippen LogP contribution in [0.3, 0.4) is 0 Å². The number of benzene rings is 1. The minimum Gasteiger partial charge on any atom is -0.389 e. The van der Waals surface area contributed by atoms with E-state index in [1.807, 2.05) is 22.6 Å². The molecule has 2 N–H and O–H groups in total. The number of nitro groups is 1. The topological polar surface area (TPSA) is 102 Å². The first-order chi connectivity index (χ1) is 8.95. The van der Waals surface area contributed by atoms with Crippen molar-refractivity contribution in [3.05, 3.63) is 37.4 Å². The van der Waals surface area contributed by atoms with Crippen LogP contribution in [0.2, 0.25) is 0 Å². The highest BCUT2D eigenvalue weighted by Gasteiger charge is 2.16. The molecule has 1 amide bonds. The van der Waals surface area contributed by atoms with Crippen molar-refractivity contribution in [2.45, 2.75) is 6.10 Å². The van der Waals surface area contributed by atoms with Gasteiger partial charge in [-0.25, -0.2) is 0 Å². The SMILES string of the molecule is COCC(O)CNC(=O)c1cc([N+](=O)[O-])ccc1I. The van der Waals surface area contributed by atoms with Crippen LogP contribution >= 0.6 is 22.6 Å². The van der Waals surface area contributed by atoms with Crippen LogP contribution in [0.5, 0.6) is 0 Å². The van der Waals surface area contributed by atoms with E-state index in [0.717, 1.165) is 0 Å². The molecule has 1 atom stereocenters. The zero-order valence-electron chi connectivity index (χ0n) is 10.1. The lowest BCUT2D eigenvalue weighted by Gasteiger charge is -2.11. The van der Waals surface area contributed by atoms with Gasteiger partial charge in [-0.2, -0.15) is 0 Å². The van der Waals surface area contributed by atoms with E-state index in [1.165, 1.54) is 25.3 Å². The number of halogens is 1. The third-order valence-electron chi connectivity index (χ3n) is 2.26. The molecule has 0 radical (unpaired) electrons. The molecule has 0 saturated heterocycles. The fraction of sp³-hybridized carbons (Fsp3) is 0.364. The summed E-state index contributed by atoms with van der Waals surface area (Å²) in [5.74, 6) is -0.469. The lowest BCUT2D eigenvalue weighted by Crippen LogP contribution is -2.34. The normalized spacial score (nSPS) is 11.9. The molecule has 7 nitrogen and oxygen atoms in total. The minimum absolute atomic E-state index is 0.0193. The van der Waals surface area contributed by atoms with Gasteiger partial charge in [0.25, 0.3) is 11.6 Å². The number of non-ortho nitro benzene ring substituents is 1. The number of nitrogens with zero attached hydrogens (tertiary/aromatic N) is 1. The molecule has 0 saturated carbocycles. The smallest absolute Gasteiger partial charge is 0.270 e. The summed E-state index contributed by atoms with van der Waals surface area (Å²) in [6.07, 6.45) is -0.815. The Kier molecular flexibility index (Phi) is 6.12. The van der Waals surface area contributed by atoms with E-state index in [4.69, 9.17) is 4.74 Å². The van der Waals surface area contributed by atoms with Crippen molar-refractivity contribution < 1.29 is 19.6 Å². The molecule has 1 rings (SSSR count). The molecule has 0 heterocycles. The number of hydrogen-bond acceptors (Lipinski definition) is 5. The maximum atomic E-state index is 11.9. The van der Waals surface area contributed by atoms with Crippen molar-refractivity contribution in [1.29, 1.82) is 0 Å². The Balaban J connectivity index is 2.76. The zero-order valence-corrected chi connectivity index (χ0v) is 12.3. The number of carbonyl (C=O) groups excluding carboxylic acids is 1. The van der Waals surface area contributed by atoms with Crippen LogP contribution in [0.25, 0.3) is 0 Å². The van der Waals surface area contributed by atoms with Gasteiger partial charge in [0, 0.05) is 29.4 Å². The molecule has 19 heavy (non-hydrogen) atoms. The minimum atomic E-state index is -0.815. The molecule has 0 aliphatic heterocycles. The fourth-order valence-corrected chi connectivity index (χ4v) is 1.94. The largest absolute Gasteiger partial charge is 0.389 e. The predicted molar refractivity (Wildman–Crippen MR) is 76.0 cm³/mol. The van der Waals surface area contributed by atoms with Crippen LogP contribution in [0.15, 0.2) is 18.2 Å². The molecule has 0 fully saturated rings. The van der Waals surface area contributed by atoms with Crippen LogP contribution in [0.1, 0.15) is 10.4 Å². The number of nitro benzene ring substituents is 1. The molecule has 104 valence electrons. The van der Waals surface area contributed by atoms with Gasteiger partial charge >= 0.3 is 0 Å². The van der Waals surface area contributed by atoms with Gasteiger partial charge in [0.2, 0.25) is 0 Å². The Labute approximate surface area is 123 Å². The third kappa shape index (κ3) is 4.73. The molecule has 1 unspecified atom stereocenters. The molecular formula is C11H13IN2O5. The highest BCUT2D eigenvalue weighted by molar-refractivity contribution is 14.1. The van der Waals surface area contributed by atoms with Crippen LogP contribution in [0, 0.1) is 13.7 Å². The fourth-order valence-electron chi connectivity index (χ4n) is 1.36. The second kappa shape index (κ2) is 7.36. The van der Waals surface area contributed by atoms with Crippen LogP contribution in [-0.4, -0.2) is 42.3 Å². The van der Waals surface area contributed by atoms with Gasteiger partial charge in [0.05, 0.1) is 23.2 Å². The lowest BCUT2D eigenvalue weighted by atomic mass is 10.2. The summed E-state index contributed by atoms with van der Waals surface area (Å²) in [5, 5.41) is 22.6. The molecule has 8 heteroatoms. The Bertz CT molecular complexity index is 480. The number of amides is 1. The Morgan fingerprint density at radius 2 is 2.32 bits per heavy atom. The Hall–Kier alpha value is -1.26. The Morgan fingerprint density at radius 3 is 2.89 bits per heavy atom. The van der Waals surface area contributed by atoms with Crippen molar-refractivity contribution in [2.24, 2.45) is 0 Å². The van der Waals surface area contributed by atoms with Crippen molar-refractivity contribution >= 4 is 34.2 Å². The number of methoxy groups -OCH3 is 1. The summed E-state index contributed by atoms with van der Waals surface area (Å²) < 4.78 is 5.32. The van der Waals surface area contributed by atoms with Gasteiger partial charge in [-0.1, -0.05) is 0 Å². The van der Waals surface area contributed by atoms with E-state index >= 15 is 0 Å². The number of aliphatic hydroxyl groups is 1. The highest BCUT2D eigenvalue weighted by atomic mass is 127. The highest BCUT2D eigenvalue weighted by Crippen LogP contribution is 2.19. The molecule has 0 bridgehead atoms. The van der Waals surface area contributed by atoms with Crippen LogP contribution < -0.4 is 5.32 Å². The number of carbonyl (C=O) groups is 1. The molecule has 0 aliphatic carbocycles. The van der Waals surface area contributed by atoms with Crippen molar-refractivity contribution in [3.63, 3.8) is 0 Å². The second-order valence-corrected chi connectivity index (χ2v) is 4.90. The van der Waals surface area contributed by atoms with Gasteiger partial charge < -0.3 is 15.2 Å². The summed E-state index contributed by atoms with van der Waals surface area (Å²) in [5.41, 5.74) is 0.0578. The Morgan fingerprint density at radius 1 is 1.63 bits per heavy atom. The first-order valence-electron chi connectivity index (χ1n) is 5.35. The van der Waals surface area contributed by atoms with E-state index in [2.05, 4.69) is 5.32 Å². The van der Waals surface area contributed by atoms with Gasteiger partial charge in [0.15, 0.2) is 0 Å². The number of hydrogen-bond donors (Lipinski definition) is 2. The number of aliphatic hydroxyl groups excluding tert-OH is 1. The van der Waals surface area contributed by atoms with E-state index in [1.54, 1.807) is 0 Å². The van der Waals surface area contributed by atoms with Crippen molar-refractivity contribution in [3.8, 4) is 0 Å². The molecule has 1 aromatic rings. The quantitative estimate of drug-likeness (QED) is 0.435. The standard InChI is InChI=1S/C11H13IN2O5/c1-19-6-8(15)5-13-11(16)9-4-7(14(17)18)2-3-10(9)12/h2-4,8,15H,5-6H2,1H3,(H,13,16). The molecule has 0 aliphatic rings. The summed E-state index contributed by atoms with van der Waals surface area (Å²) >= 11 is 1.92. The van der Waals surface area contributed by atoms with Crippen molar-refractivity contribution in [2.75, 3.05) is 20.3 Å². The predicted octanol–water partition coefficient (Wildman–Crippen LogP) is 0.936. The summed E-state index contributed by atoms with van der Waals surface area (Å²) in [6.45, 7) is 0.123. The second-order valence-electron chi connectivity index (χ2n) is 3.74. The molecule has 0 spiro atoms. The first-order valence-corrected chi connectivity index (χ1v) is 6.42. The number of rotatable bonds is 6. The van der Waals surface area contributed by atoms with E-state index in [0.29, 0.717) is 3.57 Å². The maximum absolute atomic E-state index is 11.9. The molecular weight excluding hydrogens is 367 g/mol. The van der Waals surface area contributed by atoms with Gasteiger partial charge in [0.1, 0.15) is 0 Å². The molecule has 0 aromatic heterocycles. The van der Waals surface area contributed by atoms with Crippen molar-refractivity contribution in [1.82, 2.24) is 5.32 Å². The lowest BCUT2D eigenvalue weighted by molar-refractivity contribution is -0.384. The average Bonchev–Trinajstić information content (AvgIpc) is 2.36. The molecule has 1 aromatic carbocycles. The summed E-state index contributed by atoms with van der Waals surface area (Å²) in [4.78, 5) is 21.9. The van der Waals surface area contributed by atoms with Gasteiger partial charge in [-0.05, 0) is 28.7 Å². The number of nitrogens with one attached hydrogen (secondary N) is 1. The summed E-state index contributed by atoms with van der Waals surface area (Å²) in [7, 11) is 1.44. The van der Waals surface area contributed by atoms with Crippen LogP contribution in [-0.2, 0) is 4.74 Å². The van der Waals surface area contributed by atoms with E-state index < -0.39 is 16.9 Å². The number of ether oxygens (including phenoxy) is 1. The average molecular weight is 380 g/mol. The van der Waals surface area contributed by atoms with Gasteiger partial charge in [-0.3, -0.25) is 14.9 Å². The first kappa shape index (κ1) is 15.8.